The van der Waals surface area contributed by atoms with Crippen molar-refractivity contribution < 1.29 is 17.7 Å². The van der Waals surface area contributed by atoms with E-state index in [1.807, 2.05) is 12.1 Å². The largest absolute Gasteiger partial charge is 0.492 e. The molecule has 1 aliphatic carbocycles. The van der Waals surface area contributed by atoms with Crippen LogP contribution >= 0.6 is 0 Å². The normalized spacial score (nSPS) is 14.4. The molecule has 1 aliphatic rings. The first-order valence-electron chi connectivity index (χ1n) is 8.15. The minimum Gasteiger partial charge on any atom is -0.492 e. The molecule has 7 heteroatoms. The van der Waals surface area contributed by atoms with Crippen molar-refractivity contribution in [2.45, 2.75) is 44.4 Å². The summed E-state index contributed by atoms with van der Waals surface area (Å²) in [5.41, 5.74) is 2.96. The van der Waals surface area contributed by atoms with Crippen LogP contribution in [0.15, 0.2) is 27.6 Å². The molecule has 130 valence electrons. The van der Waals surface area contributed by atoms with E-state index in [2.05, 4.69) is 15.9 Å². The van der Waals surface area contributed by atoms with E-state index in [9.17, 15) is 8.42 Å². The van der Waals surface area contributed by atoms with Crippen LogP contribution < -0.4 is 9.46 Å². The number of aryl methyl sites for hydroxylation is 3. The lowest BCUT2D eigenvalue weighted by Crippen LogP contribution is -2.29. The van der Waals surface area contributed by atoms with Crippen molar-refractivity contribution in [2.75, 3.05) is 13.2 Å². The van der Waals surface area contributed by atoms with Gasteiger partial charge in [0.1, 0.15) is 22.9 Å². The van der Waals surface area contributed by atoms with Crippen molar-refractivity contribution in [1.29, 1.82) is 0 Å². The van der Waals surface area contributed by atoms with E-state index < -0.39 is 10.0 Å². The Hall–Kier alpha value is -1.86. The van der Waals surface area contributed by atoms with Crippen molar-refractivity contribution in [1.82, 2.24) is 9.88 Å². The fourth-order valence-electron chi connectivity index (χ4n) is 3.15. The number of fused-ring (bicyclic) bond motifs is 1. The number of nitrogens with one attached hydrogen (secondary N) is 1. The van der Waals surface area contributed by atoms with Crippen LogP contribution in [0, 0.1) is 13.8 Å². The lowest BCUT2D eigenvalue weighted by atomic mass is 9.91. The zero-order valence-electron chi connectivity index (χ0n) is 14.0. The van der Waals surface area contributed by atoms with Crippen molar-refractivity contribution in [3.8, 4) is 5.75 Å². The van der Waals surface area contributed by atoms with Crippen LogP contribution in [-0.2, 0) is 22.9 Å². The maximum absolute atomic E-state index is 12.3. The number of ether oxygens (including phenoxy) is 1. The summed E-state index contributed by atoms with van der Waals surface area (Å²) in [4.78, 5) is 0.111. The van der Waals surface area contributed by atoms with Gasteiger partial charge in [-0.1, -0.05) is 17.3 Å². The fraction of sp³-hybridized carbons (Fsp3) is 0.471. The molecule has 0 amide bonds. The summed E-state index contributed by atoms with van der Waals surface area (Å²) in [6, 6.07) is 6.09. The highest BCUT2D eigenvalue weighted by Crippen LogP contribution is 2.29. The molecule has 2 aromatic rings. The fourth-order valence-corrected chi connectivity index (χ4v) is 4.49. The van der Waals surface area contributed by atoms with Gasteiger partial charge in [-0.3, -0.25) is 0 Å². The van der Waals surface area contributed by atoms with Crippen LogP contribution in [0.25, 0.3) is 0 Å². The van der Waals surface area contributed by atoms with Gasteiger partial charge < -0.3 is 9.26 Å². The van der Waals surface area contributed by atoms with E-state index in [-0.39, 0.29) is 23.8 Å². The summed E-state index contributed by atoms with van der Waals surface area (Å²) in [5, 5.41) is 3.68. The van der Waals surface area contributed by atoms with Crippen LogP contribution in [0.5, 0.6) is 5.75 Å². The highest BCUT2D eigenvalue weighted by molar-refractivity contribution is 7.89. The van der Waals surface area contributed by atoms with Crippen LogP contribution in [0.4, 0.5) is 0 Å². The van der Waals surface area contributed by atoms with E-state index in [0.29, 0.717) is 5.69 Å². The smallest absolute Gasteiger partial charge is 0.246 e. The molecule has 1 heterocycles. The average Bonchev–Trinajstić information content (AvgIpc) is 2.91. The van der Waals surface area contributed by atoms with Gasteiger partial charge in [-0.05, 0) is 56.7 Å². The second-order valence-corrected chi connectivity index (χ2v) is 7.70. The molecular formula is C17H22N2O4S. The highest BCUT2D eigenvalue weighted by Gasteiger charge is 2.23. The lowest BCUT2D eigenvalue weighted by Gasteiger charge is -2.19. The summed E-state index contributed by atoms with van der Waals surface area (Å²) in [7, 11) is -3.64. The van der Waals surface area contributed by atoms with Crippen molar-refractivity contribution in [3.63, 3.8) is 0 Å². The minimum atomic E-state index is -3.64. The number of hydrogen-bond donors (Lipinski definition) is 1. The van der Waals surface area contributed by atoms with E-state index in [1.165, 1.54) is 24.0 Å². The lowest BCUT2D eigenvalue weighted by molar-refractivity contribution is 0.318. The van der Waals surface area contributed by atoms with Gasteiger partial charge in [-0.2, -0.15) is 0 Å². The van der Waals surface area contributed by atoms with Gasteiger partial charge in [-0.15, -0.1) is 0 Å². The molecule has 0 spiro atoms. The number of aromatic nitrogens is 1. The molecule has 0 saturated heterocycles. The van der Waals surface area contributed by atoms with E-state index in [1.54, 1.807) is 13.8 Å². The Morgan fingerprint density at radius 3 is 2.79 bits per heavy atom. The maximum atomic E-state index is 12.3. The predicted octanol–water partition coefficient (Wildman–Crippen LogP) is 2.53. The van der Waals surface area contributed by atoms with Crippen LogP contribution in [0.2, 0.25) is 0 Å². The Bertz CT molecular complexity index is 808. The van der Waals surface area contributed by atoms with E-state index >= 15 is 0 Å². The van der Waals surface area contributed by atoms with Crippen LogP contribution in [0.3, 0.4) is 0 Å². The Morgan fingerprint density at radius 1 is 1.25 bits per heavy atom. The van der Waals surface area contributed by atoms with Gasteiger partial charge in [-0.25, -0.2) is 13.1 Å². The third kappa shape index (κ3) is 3.47. The topological polar surface area (TPSA) is 81.4 Å². The predicted molar refractivity (Wildman–Crippen MR) is 89.7 cm³/mol. The third-order valence-electron chi connectivity index (χ3n) is 4.24. The molecule has 0 unspecified atom stereocenters. The van der Waals surface area contributed by atoms with E-state index in [0.717, 1.165) is 18.6 Å². The first-order valence-corrected chi connectivity index (χ1v) is 9.63. The molecule has 1 N–H and O–H groups in total. The minimum absolute atomic E-state index is 0.111. The van der Waals surface area contributed by atoms with Crippen molar-refractivity contribution >= 4 is 10.0 Å². The molecule has 1 aromatic heterocycles. The second kappa shape index (κ2) is 6.94. The summed E-state index contributed by atoms with van der Waals surface area (Å²) in [6.45, 7) is 3.66. The molecule has 0 bridgehead atoms. The second-order valence-electron chi connectivity index (χ2n) is 6.00. The quantitative estimate of drug-likeness (QED) is 0.810. The van der Waals surface area contributed by atoms with E-state index in [4.69, 9.17) is 9.26 Å². The number of sulfonamides is 1. The van der Waals surface area contributed by atoms with Gasteiger partial charge in [0, 0.05) is 6.54 Å². The number of rotatable bonds is 6. The summed E-state index contributed by atoms with van der Waals surface area (Å²) in [5.74, 6) is 1.15. The number of benzene rings is 1. The molecular weight excluding hydrogens is 328 g/mol. The molecule has 0 aliphatic heterocycles. The maximum Gasteiger partial charge on any atom is 0.246 e. The van der Waals surface area contributed by atoms with Gasteiger partial charge in [0.2, 0.25) is 10.0 Å². The van der Waals surface area contributed by atoms with Crippen molar-refractivity contribution in [2.24, 2.45) is 0 Å². The Balaban J connectivity index is 1.60. The number of hydrogen-bond acceptors (Lipinski definition) is 5. The molecule has 1 aromatic carbocycles. The average molecular weight is 350 g/mol. The van der Waals surface area contributed by atoms with Crippen LogP contribution in [-0.4, -0.2) is 26.7 Å². The first kappa shape index (κ1) is 17.0. The zero-order chi connectivity index (χ0) is 17.2. The molecule has 6 nitrogen and oxygen atoms in total. The monoisotopic (exact) mass is 350 g/mol. The van der Waals surface area contributed by atoms with Gasteiger partial charge in [0.05, 0.1) is 0 Å². The molecule has 0 saturated carbocycles. The Labute approximate surface area is 142 Å². The highest BCUT2D eigenvalue weighted by atomic mass is 32.2. The third-order valence-corrected chi connectivity index (χ3v) is 5.95. The molecule has 24 heavy (non-hydrogen) atoms. The SMILES string of the molecule is Cc1noc(C)c1S(=O)(=O)NCCOc1cccc2c1CCCC2. The molecule has 0 radical (unpaired) electrons. The van der Waals surface area contributed by atoms with Gasteiger partial charge in [0.25, 0.3) is 0 Å². The summed E-state index contributed by atoms with van der Waals surface area (Å²) in [6.07, 6.45) is 4.50. The molecule has 0 fully saturated rings. The standard InChI is InChI=1S/C17H22N2O4S/c1-12-17(13(2)23-19-12)24(20,21)18-10-11-22-16-9-5-7-14-6-3-4-8-15(14)16/h5,7,9,18H,3-4,6,8,10-11H2,1-2H3. The van der Waals surface area contributed by atoms with Gasteiger partial charge in [0.15, 0.2) is 5.76 Å². The Morgan fingerprint density at radius 2 is 2.04 bits per heavy atom. The summed E-state index contributed by atoms with van der Waals surface area (Å²) < 4.78 is 37.9. The first-order chi connectivity index (χ1) is 11.5. The van der Waals surface area contributed by atoms with Crippen LogP contribution in [0.1, 0.15) is 35.4 Å². The summed E-state index contributed by atoms with van der Waals surface area (Å²) >= 11 is 0. The van der Waals surface area contributed by atoms with Gasteiger partial charge >= 0.3 is 0 Å². The Kier molecular flexibility index (Phi) is 4.91. The molecule has 3 rings (SSSR count). The number of nitrogens with zero attached hydrogens (tertiary/aromatic N) is 1. The zero-order valence-corrected chi connectivity index (χ0v) is 14.8. The van der Waals surface area contributed by atoms with Crippen molar-refractivity contribution in [3.05, 3.63) is 40.8 Å². The molecule has 0 atom stereocenters.